The number of aromatic nitrogens is 4. The molecule has 0 aromatic carbocycles. The van der Waals surface area contributed by atoms with Crippen molar-refractivity contribution in [2.24, 2.45) is 24.9 Å². The van der Waals surface area contributed by atoms with Gasteiger partial charge in [-0.2, -0.15) is 5.10 Å². The predicted molar refractivity (Wildman–Crippen MR) is 88.7 cm³/mol. The molecule has 3 rings (SSSR count). The number of pyridine rings is 1. The molecule has 0 spiro atoms. The molecule has 0 unspecified atom stereocenters. The molecule has 0 radical (unpaired) electrons. The van der Waals surface area contributed by atoms with Crippen LogP contribution >= 0.6 is 12.2 Å². The third-order valence-electron chi connectivity index (χ3n) is 3.42. The molecule has 3 N–H and O–H groups in total. The number of fused-ring (bicyclic) bond motifs is 2. The molecule has 3 heterocycles. The lowest BCUT2D eigenvalue weighted by molar-refractivity contribution is 0.703. The van der Waals surface area contributed by atoms with E-state index in [1.54, 1.807) is 35.8 Å². The van der Waals surface area contributed by atoms with Gasteiger partial charge in [0.2, 0.25) is 0 Å². The molecule has 118 valence electrons. The van der Waals surface area contributed by atoms with Crippen LogP contribution in [-0.4, -0.2) is 23.6 Å². The molecule has 10 heteroatoms. The first kappa shape index (κ1) is 14.9. The van der Waals surface area contributed by atoms with Gasteiger partial charge in [-0.15, -0.1) is 0 Å². The Morgan fingerprint density at radius 3 is 2.74 bits per heavy atom. The second-order valence-electron chi connectivity index (χ2n) is 4.86. The highest BCUT2D eigenvalue weighted by Gasteiger charge is 2.14. The van der Waals surface area contributed by atoms with E-state index in [0.29, 0.717) is 5.65 Å². The minimum absolute atomic E-state index is 0.0405. The van der Waals surface area contributed by atoms with E-state index in [-0.39, 0.29) is 21.6 Å². The molecule has 3 aromatic rings. The third kappa shape index (κ3) is 2.28. The molecule has 9 nitrogen and oxygen atoms in total. The summed E-state index contributed by atoms with van der Waals surface area (Å²) in [5.41, 5.74) is 7.93. The summed E-state index contributed by atoms with van der Waals surface area (Å²) in [6.45, 7) is 0. The van der Waals surface area contributed by atoms with Gasteiger partial charge in [0.15, 0.2) is 16.2 Å². The standard InChI is InChI=1S/C13H13N7O2S/c1-18-9-8(11(21)19(2)13(18)22)10(16-17-12(14)23)20-6-4-3-5-7(20)15-9/h3-6H,1-2H3,(H3,14,17,23)/b16-10-. The normalized spacial score (nSPS) is 12.0. The minimum atomic E-state index is -0.502. The van der Waals surface area contributed by atoms with Crippen LogP contribution in [0.2, 0.25) is 0 Å². The van der Waals surface area contributed by atoms with Gasteiger partial charge in [0, 0.05) is 20.3 Å². The Hall–Kier alpha value is -3.01. The van der Waals surface area contributed by atoms with E-state index in [2.05, 4.69) is 15.5 Å². The zero-order chi connectivity index (χ0) is 16.7. The van der Waals surface area contributed by atoms with Crippen molar-refractivity contribution < 1.29 is 0 Å². The van der Waals surface area contributed by atoms with Crippen molar-refractivity contribution >= 4 is 34.0 Å². The van der Waals surface area contributed by atoms with E-state index in [9.17, 15) is 9.59 Å². The van der Waals surface area contributed by atoms with Gasteiger partial charge in [0.1, 0.15) is 11.0 Å². The van der Waals surface area contributed by atoms with Crippen molar-refractivity contribution in [3.05, 3.63) is 50.7 Å². The number of thiocarbonyl (C=S) groups is 1. The van der Waals surface area contributed by atoms with Crippen LogP contribution in [-0.2, 0) is 14.1 Å². The second-order valence-corrected chi connectivity index (χ2v) is 5.30. The van der Waals surface area contributed by atoms with Crippen LogP contribution < -0.4 is 27.9 Å². The van der Waals surface area contributed by atoms with Crippen LogP contribution in [0.25, 0.3) is 16.7 Å². The molecule has 0 atom stereocenters. The highest BCUT2D eigenvalue weighted by atomic mass is 32.1. The topological polar surface area (TPSA) is 112 Å². The molecule has 3 aromatic heterocycles. The smallest absolute Gasteiger partial charge is 0.332 e. The van der Waals surface area contributed by atoms with E-state index in [0.717, 1.165) is 4.57 Å². The van der Waals surface area contributed by atoms with Crippen molar-refractivity contribution in [1.82, 2.24) is 23.9 Å². The van der Waals surface area contributed by atoms with Crippen molar-refractivity contribution in [3.63, 3.8) is 0 Å². The van der Waals surface area contributed by atoms with Crippen LogP contribution in [0.1, 0.15) is 0 Å². The van der Waals surface area contributed by atoms with Gasteiger partial charge in [0.25, 0.3) is 5.56 Å². The fourth-order valence-electron chi connectivity index (χ4n) is 2.31. The van der Waals surface area contributed by atoms with E-state index in [4.69, 9.17) is 18.0 Å². The number of rotatable bonds is 1. The Balaban J connectivity index is 2.68. The molecule has 0 aliphatic heterocycles. The molecule has 0 amide bonds. The summed E-state index contributed by atoms with van der Waals surface area (Å²) < 4.78 is 3.90. The van der Waals surface area contributed by atoms with Crippen molar-refractivity contribution in [2.75, 3.05) is 0 Å². The van der Waals surface area contributed by atoms with Gasteiger partial charge in [-0.3, -0.25) is 23.8 Å². The van der Waals surface area contributed by atoms with Gasteiger partial charge in [-0.25, -0.2) is 9.78 Å². The van der Waals surface area contributed by atoms with E-state index in [1.807, 2.05) is 0 Å². The van der Waals surface area contributed by atoms with Crippen molar-refractivity contribution in [3.8, 4) is 0 Å². The molecular formula is C13H13N7O2S. The van der Waals surface area contributed by atoms with Crippen LogP contribution in [0.15, 0.2) is 39.1 Å². The molecule has 0 fully saturated rings. The SMILES string of the molecule is Cn1c(=O)c2/c(=N/NC(N)=S)n3ccccc3nc2n(C)c1=O. The number of aryl methyl sites for hydroxylation is 1. The van der Waals surface area contributed by atoms with Crippen LogP contribution in [0.3, 0.4) is 0 Å². The Kier molecular flexibility index (Phi) is 3.45. The summed E-state index contributed by atoms with van der Waals surface area (Å²) in [4.78, 5) is 29.1. The van der Waals surface area contributed by atoms with Gasteiger partial charge >= 0.3 is 5.69 Å². The number of nitrogens with two attached hydrogens (primary N) is 1. The molecule has 0 aliphatic rings. The summed E-state index contributed by atoms with van der Waals surface area (Å²) in [5, 5.41) is 4.25. The number of nitrogens with one attached hydrogen (secondary N) is 1. The highest BCUT2D eigenvalue weighted by molar-refractivity contribution is 7.80. The van der Waals surface area contributed by atoms with Crippen LogP contribution in [0, 0.1) is 0 Å². The molecule has 0 saturated carbocycles. The Morgan fingerprint density at radius 1 is 1.30 bits per heavy atom. The van der Waals surface area contributed by atoms with Crippen LogP contribution in [0.5, 0.6) is 0 Å². The molecule has 0 saturated heterocycles. The maximum atomic E-state index is 12.6. The molecular weight excluding hydrogens is 318 g/mol. The summed E-state index contributed by atoms with van der Waals surface area (Å²) >= 11 is 4.75. The number of hydrogen-bond acceptors (Lipinski definition) is 5. The molecule has 0 bridgehead atoms. The maximum Gasteiger partial charge on any atom is 0.332 e. The first-order valence-electron chi connectivity index (χ1n) is 6.58. The van der Waals surface area contributed by atoms with Crippen LogP contribution in [0.4, 0.5) is 0 Å². The fourth-order valence-corrected chi connectivity index (χ4v) is 2.36. The summed E-state index contributed by atoms with van der Waals surface area (Å²) in [7, 11) is 2.94. The summed E-state index contributed by atoms with van der Waals surface area (Å²) in [6.07, 6.45) is 1.70. The third-order valence-corrected chi connectivity index (χ3v) is 3.51. The quantitative estimate of drug-likeness (QED) is 0.320. The van der Waals surface area contributed by atoms with Crippen molar-refractivity contribution in [1.29, 1.82) is 0 Å². The second kappa shape index (κ2) is 5.32. The molecule has 23 heavy (non-hydrogen) atoms. The van der Waals surface area contributed by atoms with E-state index >= 15 is 0 Å². The number of nitrogens with zero attached hydrogens (tertiary/aromatic N) is 5. The average Bonchev–Trinajstić information content (AvgIpc) is 2.54. The van der Waals surface area contributed by atoms with Gasteiger partial charge in [0.05, 0.1) is 0 Å². The van der Waals surface area contributed by atoms with Crippen molar-refractivity contribution in [2.45, 2.75) is 0 Å². The Bertz CT molecular complexity index is 1140. The molecule has 0 aliphatic carbocycles. The zero-order valence-corrected chi connectivity index (χ0v) is 13.2. The summed E-state index contributed by atoms with van der Waals surface area (Å²) in [6, 6.07) is 5.30. The first-order chi connectivity index (χ1) is 10.9. The lowest BCUT2D eigenvalue weighted by atomic mass is 10.3. The van der Waals surface area contributed by atoms with Gasteiger partial charge < -0.3 is 5.73 Å². The highest BCUT2D eigenvalue weighted by Crippen LogP contribution is 2.03. The lowest BCUT2D eigenvalue weighted by Crippen LogP contribution is -2.41. The van der Waals surface area contributed by atoms with E-state index in [1.165, 1.54) is 11.6 Å². The minimum Gasteiger partial charge on any atom is -0.375 e. The van der Waals surface area contributed by atoms with E-state index < -0.39 is 11.2 Å². The summed E-state index contributed by atoms with van der Waals surface area (Å²) in [5.74, 6) is 0. The Morgan fingerprint density at radius 2 is 2.04 bits per heavy atom. The predicted octanol–water partition coefficient (Wildman–Crippen LogP) is -1.47. The largest absolute Gasteiger partial charge is 0.375 e. The van der Waals surface area contributed by atoms with Gasteiger partial charge in [-0.1, -0.05) is 6.07 Å². The number of hydrogen-bond donors (Lipinski definition) is 2. The lowest BCUT2D eigenvalue weighted by Gasteiger charge is -2.10. The monoisotopic (exact) mass is 331 g/mol. The average molecular weight is 331 g/mol. The zero-order valence-electron chi connectivity index (χ0n) is 12.3. The van der Waals surface area contributed by atoms with Gasteiger partial charge in [-0.05, 0) is 24.4 Å². The Labute approximate surface area is 134 Å². The first-order valence-corrected chi connectivity index (χ1v) is 6.99. The fraction of sp³-hybridized carbons (Fsp3) is 0.154. The maximum absolute atomic E-state index is 12.6.